The molecule has 2 rings (SSSR count). The van der Waals surface area contributed by atoms with Gasteiger partial charge < -0.3 is 11.1 Å². The van der Waals surface area contributed by atoms with Crippen molar-refractivity contribution in [3.63, 3.8) is 0 Å². The Bertz CT molecular complexity index is 544. The molecule has 3 N–H and O–H groups in total. The molecule has 0 aliphatic rings. The predicted molar refractivity (Wildman–Crippen MR) is 85.5 cm³/mol. The van der Waals surface area contributed by atoms with Crippen LogP contribution < -0.4 is 11.1 Å². The molecule has 0 saturated heterocycles. The first-order valence-electron chi connectivity index (χ1n) is 6.98. The van der Waals surface area contributed by atoms with E-state index in [-0.39, 0.29) is 11.5 Å². The van der Waals surface area contributed by atoms with Crippen molar-refractivity contribution in [2.24, 2.45) is 5.41 Å². The zero-order valence-electron chi connectivity index (χ0n) is 12.4. The Morgan fingerprint density at radius 1 is 1.10 bits per heavy atom. The standard InChI is InChI=1S/C17H23N3/c1-17(2,3)12-16(15-10-6-7-11-19-15)20-14-9-5-4-8-13(14)18/h4-11,16,20H,12,18H2,1-3H3. The van der Waals surface area contributed by atoms with Gasteiger partial charge in [-0.3, -0.25) is 4.98 Å². The summed E-state index contributed by atoms with van der Waals surface area (Å²) in [6, 6.07) is 14.0. The van der Waals surface area contributed by atoms with Crippen LogP contribution >= 0.6 is 0 Å². The first-order chi connectivity index (χ1) is 9.46. The van der Waals surface area contributed by atoms with E-state index in [0.717, 1.165) is 23.5 Å². The fraction of sp³-hybridized carbons (Fsp3) is 0.353. The van der Waals surface area contributed by atoms with Crippen LogP contribution in [0.25, 0.3) is 0 Å². The minimum absolute atomic E-state index is 0.154. The molecule has 0 aliphatic heterocycles. The molecule has 0 radical (unpaired) electrons. The average Bonchev–Trinajstić information content (AvgIpc) is 2.40. The molecule has 3 heteroatoms. The first-order valence-corrected chi connectivity index (χ1v) is 6.98. The number of nitrogens with two attached hydrogens (primary N) is 1. The molecule has 1 unspecified atom stereocenters. The molecule has 1 aromatic heterocycles. The molecular weight excluding hydrogens is 246 g/mol. The number of nitrogens with one attached hydrogen (secondary N) is 1. The molecule has 2 aromatic rings. The molecule has 20 heavy (non-hydrogen) atoms. The quantitative estimate of drug-likeness (QED) is 0.816. The van der Waals surface area contributed by atoms with Crippen molar-refractivity contribution in [2.75, 3.05) is 11.1 Å². The van der Waals surface area contributed by atoms with Crippen molar-refractivity contribution in [2.45, 2.75) is 33.2 Å². The summed E-state index contributed by atoms with van der Waals surface area (Å²) < 4.78 is 0. The third kappa shape index (κ3) is 3.98. The Labute approximate surface area is 121 Å². The van der Waals surface area contributed by atoms with Gasteiger partial charge in [-0.2, -0.15) is 0 Å². The normalized spacial score (nSPS) is 12.9. The van der Waals surface area contributed by atoms with Gasteiger partial charge in [0.15, 0.2) is 0 Å². The van der Waals surface area contributed by atoms with E-state index in [1.54, 1.807) is 0 Å². The molecule has 0 saturated carbocycles. The lowest BCUT2D eigenvalue weighted by Gasteiger charge is -2.27. The number of nitrogen functional groups attached to an aromatic ring is 1. The lowest BCUT2D eigenvalue weighted by Crippen LogP contribution is -2.20. The van der Waals surface area contributed by atoms with Gasteiger partial charge >= 0.3 is 0 Å². The summed E-state index contributed by atoms with van der Waals surface area (Å²) in [7, 11) is 0. The lowest BCUT2D eigenvalue weighted by molar-refractivity contribution is 0.350. The van der Waals surface area contributed by atoms with Gasteiger partial charge in [0.05, 0.1) is 23.1 Å². The maximum absolute atomic E-state index is 6.03. The highest BCUT2D eigenvalue weighted by molar-refractivity contribution is 5.66. The van der Waals surface area contributed by atoms with E-state index in [0.29, 0.717) is 0 Å². The van der Waals surface area contributed by atoms with Gasteiger partial charge in [0, 0.05) is 6.20 Å². The van der Waals surface area contributed by atoms with E-state index in [2.05, 4.69) is 37.1 Å². The average molecular weight is 269 g/mol. The highest BCUT2D eigenvalue weighted by Gasteiger charge is 2.21. The van der Waals surface area contributed by atoms with Gasteiger partial charge in [-0.05, 0) is 36.1 Å². The van der Waals surface area contributed by atoms with E-state index in [1.165, 1.54) is 0 Å². The molecule has 0 spiro atoms. The zero-order chi connectivity index (χ0) is 14.6. The second-order valence-corrected chi connectivity index (χ2v) is 6.30. The van der Waals surface area contributed by atoms with E-state index in [4.69, 9.17) is 5.73 Å². The molecule has 0 amide bonds. The summed E-state index contributed by atoms with van der Waals surface area (Å²) in [5.74, 6) is 0. The van der Waals surface area contributed by atoms with Crippen molar-refractivity contribution in [3.05, 3.63) is 54.4 Å². The summed E-state index contributed by atoms with van der Waals surface area (Å²) in [6.45, 7) is 6.71. The number of hydrogen-bond donors (Lipinski definition) is 2. The van der Waals surface area contributed by atoms with Crippen molar-refractivity contribution >= 4 is 11.4 Å². The van der Waals surface area contributed by atoms with E-state index < -0.39 is 0 Å². The van der Waals surface area contributed by atoms with Gasteiger partial charge in [0.2, 0.25) is 0 Å². The maximum atomic E-state index is 6.03. The van der Waals surface area contributed by atoms with Crippen molar-refractivity contribution < 1.29 is 0 Å². The SMILES string of the molecule is CC(C)(C)CC(Nc1ccccc1N)c1ccccn1. The minimum atomic E-state index is 0.154. The zero-order valence-corrected chi connectivity index (χ0v) is 12.4. The summed E-state index contributed by atoms with van der Waals surface area (Å²) in [5, 5.41) is 3.53. The van der Waals surface area contributed by atoms with Crippen molar-refractivity contribution in [3.8, 4) is 0 Å². The van der Waals surface area contributed by atoms with Crippen LogP contribution in [-0.4, -0.2) is 4.98 Å². The lowest BCUT2D eigenvalue weighted by atomic mass is 9.86. The van der Waals surface area contributed by atoms with Crippen LogP contribution in [0.15, 0.2) is 48.7 Å². The van der Waals surface area contributed by atoms with Gasteiger partial charge in [0.25, 0.3) is 0 Å². The predicted octanol–water partition coefficient (Wildman–Crippen LogP) is 4.25. The number of hydrogen-bond acceptors (Lipinski definition) is 3. The highest BCUT2D eigenvalue weighted by atomic mass is 15.0. The number of rotatable bonds is 4. The van der Waals surface area contributed by atoms with Crippen LogP contribution in [0.1, 0.15) is 38.9 Å². The van der Waals surface area contributed by atoms with Crippen LogP contribution in [0.5, 0.6) is 0 Å². The highest BCUT2D eigenvalue weighted by Crippen LogP contribution is 2.32. The molecule has 1 atom stereocenters. The first kappa shape index (κ1) is 14.4. The molecule has 0 fully saturated rings. The Kier molecular flexibility index (Phi) is 4.28. The van der Waals surface area contributed by atoms with E-state index in [1.807, 2.05) is 42.6 Å². The number of benzene rings is 1. The van der Waals surface area contributed by atoms with Crippen LogP contribution in [-0.2, 0) is 0 Å². The van der Waals surface area contributed by atoms with Crippen molar-refractivity contribution in [1.82, 2.24) is 4.98 Å². The minimum Gasteiger partial charge on any atom is -0.397 e. The second-order valence-electron chi connectivity index (χ2n) is 6.30. The summed E-state index contributed by atoms with van der Waals surface area (Å²) in [4.78, 5) is 4.49. The Morgan fingerprint density at radius 2 is 1.80 bits per heavy atom. The number of aromatic nitrogens is 1. The molecule has 1 aromatic carbocycles. The largest absolute Gasteiger partial charge is 0.397 e. The fourth-order valence-corrected chi connectivity index (χ4v) is 2.24. The third-order valence-corrected chi connectivity index (χ3v) is 3.15. The fourth-order valence-electron chi connectivity index (χ4n) is 2.24. The molecule has 3 nitrogen and oxygen atoms in total. The van der Waals surface area contributed by atoms with Crippen LogP contribution in [0.4, 0.5) is 11.4 Å². The molecule has 1 heterocycles. The number of pyridine rings is 1. The number of anilines is 2. The van der Waals surface area contributed by atoms with Crippen LogP contribution in [0, 0.1) is 5.41 Å². The van der Waals surface area contributed by atoms with E-state index in [9.17, 15) is 0 Å². The van der Waals surface area contributed by atoms with Gasteiger partial charge in [0.1, 0.15) is 0 Å². The maximum Gasteiger partial charge on any atom is 0.0690 e. The van der Waals surface area contributed by atoms with E-state index >= 15 is 0 Å². The van der Waals surface area contributed by atoms with Gasteiger partial charge in [-0.15, -0.1) is 0 Å². The van der Waals surface area contributed by atoms with Gasteiger partial charge in [-0.25, -0.2) is 0 Å². The summed E-state index contributed by atoms with van der Waals surface area (Å²) in [6.07, 6.45) is 2.82. The summed E-state index contributed by atoms with van der Waals surface area (Å²) in [5.41, 5.74) is 9.01. The third-order valence-electron chi connectivity index (χ3n) is 3.15. The van der Waals surface area contributed by atoms with Crippen LogP contribution in [0.2, 0.25) is 0 Å². The Balaban J connectivity index is 2.26. The van der Waals surface area contributed by atoms with Gasteiger partial charge in [-0.1, -0.05) is 39.0 Å². The second kappa shape index (κ2) is 5.95. The topological polar surface area (TPSA) is 50.9 Å². The summed E-state index contributed by atoms with van der Waals surface area (Å²) >= 11 is 0. The Morgan fingerprint density at radius 3 is 2.40 bits per heavy atom. The number of nitrogens with zero attached hydrogens (tertiary/aromatic N) is 1. The van der Waals surface area contributed by atoms with Crippen LogP contribution in [0.3, 0.4) is 0 Å². The smallest absolute Gasteiger partial charge is 0.0690 e. The molecule has 0 aliphatic carbocycles. The Hall–Kier alpha value is -2.03. The van der Waals surface area contributed by atoms with Crippen molar-refractivity contribution in [1.29, 1.82) is 0 Å². The molecular formula is C17H23N3. The molecule has 0 bridgehead atoms. The molecule has 106 valence electrons. The monoisotopic (exact) mass is 269 g/mol. The number of para-hydroxylation sites is 2.